The third kappa shape index (κ3) is 5.55. The van der Waals surface area contributed by atoms with Gasteiger partial charge >= 0.3 is 0 Å². The summed E-state index contributed by atoms with van der Waals surface area (Å²) in [6.07, 6.45) is 10.8. The molecule has 1 aromatic heterocycles. The quantitative estimate of drug-likeness (QED) is 0.679. The Morgan fingerprint density at radius 2 is 1.79 bits per heavy atom. The van der Waals surface area contributed by atoms with Gasteiger partial charge in [-0.1, -0.05) is 25.0 Å². The Morgan fingerprint density at radius 3 is 2.38 bits per heavy atom. The van der Waals surface area contributed by atoms with Crippen molar-refractivity contribution in [3.8, 4) is 0 Å². The smallest absolute Gasteiger partial charge is 0.246 e. The summed E-state index contributed by atoms with van der Waals surface area (Å²) in [5.41, 5.74) is 1.74. The first-order chi connectivity index (χ1) is 13.9. The van der Waals surface area contributed by atoms with Crippen LogP contribution in [0, 0.1) is 0 Å². The SMILES string of the molecule is CN(Cc1cnn(C)c1)C(=O)/C=C/c1ccc(S(=O)(=O)N2CCCCCC2)cc1. The Kier molecular flexibility index (Phi) is 6.87. The number of aryl methyl sites for hydroxylation is 1. The molecular formula is C21H28N4O3S. The van der Waals surface area contributed by atoms with E-state index in [1.54, 1.807) is 57.5 Å². The van der Waals surface area contributed by atoms with Gasteiger partial charge in [0.25, 0.3) is 0 Å². The third-order valence-electron chi connectivity index (χ3n) is 5.06. The fourth-order valence-corrected chi connectivity index (χ4v) is 4.90. The van der Waals surface area contributed by atoms with E-state index < -0.39 is 10.0 Å². The maximum atomic E-state index is 12.8. The summed E-state index contributed by atoms with van der Waals surface area (Å²) in [5, 5.41) is 4.10. The molecule has 2 aromatic rings. The molecule has 2 heterocycles. The number of nitrogens with zero attached hydrogens (tertiary/aromatic N) is 4. The zero-order chi connectivity index (χ0) is 20.9. The van der Waals surface area contributed by atoms with E-state index in [0.29, 0.717) is 24.5 Å². The zero-order valence-corrected chi connectivity index (χ0v) is 17.8. The first-order valence-corrected chi connectivity index (χ1v) is 11.3. The topological polar surface area (TPSA) is 75.5 Å². The average molecular weight is 417 g/mol. The van der Waals surface area contributed by atoms with Crippen LogP contribution in [0.3, 0.4) is 0 Å². The van der Waals surface area contributed by atoms with E-state index in [4.69, 9.17) is 0 Å². The maximum absolute atomic E-state index is 12.8. The van der Waals surface area contributed by atoms with Crippen molar-refractivity contribution in [1.29, 1.82) is 0 Å². The minimum absolute atomic E-state index is 0.130. The van der Waals surface area contributed by atoms with Crippen LogP contribution < -0.4 is 0 Å². The van der Waals surface area contributed by atoms with E-state index in [2.05, 4.69) is 5.10 Å². The van der Waals surface area contributed by atoms with Crippen LogP contribution in [0.1, 0.15) is 36.8 Å². The van der Waals surface area contributed by atoms with Gasteiger partial charge in [-0.2, -0.15) is 9.40 Å². The molecule has 0 unspecified atom stereocenters. The van der Waals surface area contributed by atoms with E-state index in [1.165, 1.54) is 6.08 Å². The second-order valence-corrected chi connectivity index (χ2v) is 9.38. The van der Waals surface area contributed by atoms with Crippen LogP contribution in [0.5, 0.6) is 0 Å². The molecule has 0 bridgehead atoms. The van der Waals surface area contributed by atoms with Crippen LogP contribution in [-0.4, -0.2) is 53.4 Å². The first-order valence-electron chi connectivity index (χ1n) is 9.87. The largest absolute Gasteiger partial charge is 0.338 e. The zero-order valence-electron chi connectivity index (χ0n) is 17.0. The highest BCUT2D eigenvalue weighted by atomic mass is 32.2. The van der Waals surface area contributed by atoms with Crippen molar-refractivity contribution in [2.24, 2.45) is 7.05 Å². The highest BCUT2D eigenvalue weighted by molar-refractivity contribution is 7.89. The van der Waals surface area contributed by atoms with Gasteiger partial charge < -0.3 is 4.90 Å². The molecule has 0 saturated carbocycles. The molecule has 8 heteroatoms. The molecule has 1 aromatic carbocycles. The maximum Gasteiger partial charge on any atom is 0.246 e. The summed E-state index contributed by atoms with van der Waals surface area (Å²) >= 11 is 0. The van der Waals surface area contributed by atoms with E-state index >= 15 is 0 Å². The number of aromatic nitrogens is 2. The van der Waals surface area contributed by atoms with Gasteiger partial charge in [0.2, 0.25) is 15.9 Å². The van der Waals surface area contributed by atoms with Gasteiger partial charge in [0.05, 0.1) is 11.1 Å². The molecule has 0 radical (unpaired) electrons. The molecule has 0 spiro atoms. The molecule has 0 aliphatic carbocycles. The molecule has 1 amide bonds. The van der Waals surface area contributed by atoms with Crippen LogP contribution in [0.25, 0.3) is 6.08 Å². The Bertz CT molecular complexity index is 956. The van der Waals surface area contributed by atoms with Gasteiger partial charge in [0.1, 0.15) is 0 Å². The molecule has 0 N–H and O–H groups in total. The summed E-state index contributed by atoms with van der Waals surface area (Å²) in [5.74, 6) is -0.130. The predicted molar refractivity (Wildman–Crippen MR) is 112 cm³/mol. The Labute approximate surface area is 172 Å². The Balaban J connectivity index is 1.62. The van der Waals surface area contributed by atoms with Crippen molar-refractivity contribution < 1.29 is 13.2 Å². The molecule has 0 atom stereocenters. The van der Waals surface area contributed by atoms with Crippen molar-refractivity contribution >= 4 is 22.0 Å². The number of carbonyl (C=O) groups is 1. The monoisotopic (exact) mass is 416 g/mol. The normalized spacial score (nSPS) is 16.1. The van der Waals surface area contributed by atoms with Crippen LogP contribution >= 0.6 is 0 Å². The molecule has 1 aliphatic rings. The number of rotatable bonds is 6. The summed E-state index contributed by atoms with van der Waals surface area (Å²) in [6.45, 7) is 1.65. The molecule has 29 heavy (non-hydrogen) atoms. The lowest BCUT2D eigenvalue weighted by atomic mass is 10.2. The summed E-state index contributed by atoms with van der Waals surface area (Å²) in [7, 11) is 0.115. The summed E-state index contributed by atoms with van der Waals surface area (Å²) in [4.78, 5) is 14.2. The lowest BCUT2D eigenvalue weighted by molar-refractivity contribution is -0.125. The molecular weight excluding hydrogens is 388 g/mol. The van der Waals surface area contributed by atoms with Gasteiger partial charge in [0, 0.05) is 51.6 Å². The minimum Gasteiger partial charge on any atom is -0.338 e. The number of benzene rings is 1. The predicted octanol–water partition coefficient (Wildman–Crippen LogP) is 2.66. The average Bonchev–Trinajstić information content (AvgIpc) is 2.94. The minimum atomic E-state index is -3.45. The van der Waals surface area contributed by atoms with Crippen molar-refractivity contribution in [3.63, 3.8) is 0 Å². The Hall–Kier alpha value is -2.45. The van der Waals surface area contributed by atoms with Crippen molar-refractivity contribution in [2.45, 2.75) is 37.1 Å². The molecule has 1 aliphatic heterocycles. The Morgan fingerprint density at radius 1 is 1.14 bits per heavy atom. The van der Waals surface area contributed by atoms with E-state index in [9.17, 15) is 13.2 Å². The highest BCUT2D eigenvalue weighted by Gasteiger charge is 2.24. The second-order valence-electron chi connectivity index (χ2n) is 7.44. The van der Waals surface area contributed by atoms with Crippen LogP contribution in [0.15, 0.2) is 47.6 Å². The number of hydrogen-bond donors (Lipinski definition) is 0. The number of likely N-dealkylation sites (N-methyl/N-ethyl adjacent to an activating group) is 1. The number of carbonyl (C=O) groups excluding carboxylic acids is 1. The summed E-state index contributed by atoms with van der Waals surface area (Å²) < 4.78 is 28.9. The second kappa shape index (κ2) is 9.37. The standard InChI is InChI=1S/C21H28N4O3S/c1-23(16-19-15-22-24(2)17-19)21(26)12-9-18-7-10-20(11-8-18)29(27,28)25-13-5-3-4-6-14-25/h7-12,15,17H,3-6,13-14,16H2,1-2H3/b12-9+. The lowest BCUT2D eigenvalue weighted by Crippen LogP contribution is -2.31. The van der Waals surface area contributed by atoms with Crippen LogP contribution in [0.4, 0.5) is 0 Å². The van der Waals surface area contributed by atoms with Crippen molar-refractivity contribution in [1.82, 2.24) is 19.0 Å². The number of hydrogen-bond acceptors (Lipinski definition) is 4. The van der Waals surface area contributed by atoms with Gasteiger partial charge in [-0.05, 0) is 36.6 Å². The molecule has 156 valence electrons. The number of sulfonamides is 1. The van der Waals surface area contributed by atoms with Gasteiger partial charge in [0.15, 0.2) is 0 Å². The summed E-state index contributed by atoms with van der Waals surface area (Å²) in [6, 6.07) is 6.69. The first kappa shape index (κ1) is 21.3. The molecule has 3 rings (SSSR count). The van der Waals surface area contributed by atoms with E-state index in [1.807, 2.05) is 13.2 Å². The molecule has 7 nitrogen and oxygen atoms in total. The van der Waals surface area contributed by atoms with Crippen molar-refractivity contribution in [3.05, 3.63) is 53.9 Å². The van der Waals surface area contributed by atoms with E-state index in [-0.39, 0.29) is 5.91 Å². The van der Waals surface area contributed by atoms with Crippen molar-refractivity contribution in [2.75, 3.05) is 20.1 Å². The third-order valence-corrected chi connectivity index (χ3v) is 6.97. The van der Waals surface area contributed by atoms with Crippen LogP contribution in [-0.2, 0) is 28.4 Å². The van der Waals surface area contributed by atoms with Gasteiger partial charge in [-0.15, -0.1) is 0 Å². The fourth-order valence-electron chi connectivity index (χ4n) is 3.38. The molecule has 1 saturated heterocycles. The fraction of sp³-hybridized carbons (Fsp3) is 0.429. The highest BCUT2D eigenvalue weighted by Crippen LogP contribution is 2.21. The van der Waals surface area contributed by atoms with E-state index in [0.717, 1.165) is 36.8 Å². The van der Waals surface area contributed by atoms with Gasteiger partial charge in [-0.3, -0.25) is 9.48 Å². The molecule has 1 fully saturated rings. The van der Waals surface area contributed by atoms with Crippen LogP contribution in [0.2, 0.25) is 0 Å². The number of amides is 1. The van der Waals surface area contributed by atoms with Gasteiger partial charge in [-0.25, -0.2) is 8.42 Å². The lowest BCUT2D eigenvalue weighted by Gasteiger charge is -2.19.